The van der Waals surface area contributed by atoms with Crippen LogP contribution in [0.4, 0.5) is 0 Å². The molecule has 0 aliphatic heterocycles. The van der Waals surface area contributed by atoms with Crippen molar-refractivity contribution in [2.75, 3.05) is 0 Å². The van der Waals surface area contributed by atoms with E-state index in [2.05, 4.69) is 156 Å². The highest BCUT2D eigenvalue weighted by Crippen LogP contribution is 2.45. The SMILES string of the molecule is c1ccc(-c2ccc(-n3c4cccc(-c5ccc6oc7ccccc7c6c5)c4c4c(-c5ccc6oc7ccccc7c6c5)cccc43)cc2)cc1. The molecule has 0 bridgehead atoms. The first-order valence-electron chi connectivity index (χ1n) is 17.3. The molecule has 3 heterocycles. The van der Waals surface area contributed by atoms with Crippen LogP contribution in [0.2, 0.25) is 0 Å². The third-order valence-corrected chi connectivity index (χ3v) is 10.4. The molecule has 0 atom stereocenters. The summed E-state index contributed by atoms with van der Waals surface area (Å²) < 4.78 is 14.9. The van der Waals surface area contributed by atoms with Crippen LogP contribution in [0.3, 0.4) is 0 Å². The second kappa shape index (κ2) is 10.8. The van der Waals surface area contributed by atoms with Gasteiger partial charge in [0.1, 0.15) is 22.3 Å². The van der Waals surface area contributed by atoms with E-state index < -0.39 is 0 Å². The molecule has 3 aromatic heterocycles. The number of rotatable bonds is 4. The van der Waals surface area contributed by atoms with Crippen LogP contribution in [0.1, 0.15) is 0 Å². The summed E-state index contributed by atoms with van der Waals surface area (Å²) in [6, 6.07) is 62.7. The Kier molecular flexibility index (Phi) is 5.96. The van der Waals surface area contributed by atoms with Crippen molar-refractivity contribution in [2.45, 2.75) is 0 Å². The van der Waals surface area contributed by atoms with Crippen molar-refractivity contribution in [3.05, 3.63) is 176 Å². The fourth-order valence-electron chi connectivity index (χ4n) is 8.09. The van der Waals surface area contributed by atoms with E-state index in [1.54, 1.807) is 0 Å². The standard InChI is InChI=1S/C48H29NO2/c1-2-10-30(11-3-1)31-20-24-34(25-21-31)49-41-16-8-14-35(32-22-26-45-39(28-32)37-12-4-6-18-43(37)50-45)47(41)48-36(15-9-17-42(48)49)33-23-27-46-40(29-33)38-13-5-7-19-44(38)51-46/h1-29H. The van der Waals surface area contributed by atoms with Gasteiger partial charge in [0.25, 0.3) is 0 Å². The van der Waals surface area contributed by atoms with Crippen LogP contribution in [0, 0.1) is 0 Å². The molecule has 8 aromatic carbocycles. The molecule has 0 saturated carbocycles. The molecular weight excluding hydrogens is 623 g/mol. The molecular formula is C48H29NO2. The summed E-state index contributed by atoms with van der Waals surface area (Å²) in [5.74, 6) is 0. The number of aromatic nitrogens is 1. The Hall–Kier alpha value is -6.84. The van der Waals surface area contributed by atoms with Crippen molar-refractivity contribution in [1.29, 1.82) is 0 Å². The number of fused-ring (bicyclic) bond motifs is 9. The predicted molar refractivity (Wildman–Crippen MR) is 212 cm³/mol. The molecule has 0 saturated heterocycles. The second-order valence-electron chi connectivity index (χ2n) is 13.3. The maximum atomic E-state index is 6.23. The molecule has 11 rings (SSSR count). The van der Waals surface area contributed by atoms with Crippen LogP contribution in [0.25, 0.3) is 105 Å². The van der Waals surface area contributed by atoms with Gasteiger partial charge in [-0.3, -0.25) is 0 Å². The molecule has 0 spiro atoms. The fourth-order valence-corrected chi connectivity index (χ4v) is 8.09. The van der Waals surface area contributed by atoms with Gasteiger partial charge in [-0.15, -0.1) is 0 Å². The average molecular weight is 652 g/mol. The van der Waals surface area contributed by atoms with E-state index in [4.69, 9.17) is 8.83 Å². The van der Waals surface area contributed by atoms with Crippen LogP contribution < -0.4 is 0 Å². The summed E-state index contributed by atoms with van der Waals surface area (Å²) in [4.78, 5) is 0. The molecule has 0 aliphatic carbocycles. The maximum absolute atomic E-state index is 6.23. The number of benzene rings is 8. The Morgan fingerprint density at radius 2 is 0.765 bits per heavy atom. The van der Waals surface area contributed by atoms with E-state index in [9.17, 15) is 0 Å². The van der Waals surface area contributed by atoms with Crippen LogP contribution in [-0.2, 0) is 0 Å². The van der Waals surface area contributed by atoms with Crippen LogP contribution in [0.15, 0.2) is 185 Å². The highest BCUT2D eigenvalue weighted by atomic mass is 16.3. The fraction of sp³-hybridized carbons (Fsp3) is 0. The molecule has 0 amide bonds. The summed E-state index contributed by atoms with van der Waals surface area (Å²) in [5, 5.41) is 6.95. The molecule has 3 heteroatoms. The van der Waals surface area contributed by atoms with Gasteiger partial charge in [0.2, 0.25) is 0 Å². The Morgan fingerprint density at radius 1 is 0.314 bits per heavy atom. The summed E-state index contributed by atoms with van der Waals surface area (Å²) in [6.07, 6.45) is 0. The van der Waals surface area contributed by atoms with E-state index in [1.807, 2.05) is 24.3 Å². The number of hydrogen-bond donors (Lipinski definition) is 0. The van der Waals surface area contributed by atoms with E-state index in [0.29, 0.717) is 0 Å². The van der Waals surface area contributed by atoms with E-state index in [-0.39, 0.29) is 0 Å². The zero-order valence-electron chi connectivity index (χ0n) is 27.5. The highest BCUT2D eigenvalue weighted by molar-refractivity contribution is 6.22. The first kappa shape index (κ1) is 28.0. The predicted octanol–water partition coefficient (Wildman–Crippen LogP) is 13.6. The van der Waals surface area contributed by atoms with Crippen molar-refractivity contribution < 1.29 is 8.83 Å². The molecule has 3 nitrogen and oxygen atoms in total. The minimum absolute atomic E-state index is 0.898. The van der Waals surface area contributed by atoms with Gasteiger partial charge in [-0.2, -0.15) is 0 Å². The zero-order valence-corrected chi connectivity index (χ0v) is 27.5. The van der Waals surface area contributed by atoms with Crippen molar-refractivity contribution >= 4 is 65.7 Å². The van der Waals surface area contributed by atoms with Gasteiger partial charge in [0.05, 0.1) is 11.0 Å². The van der Waals surface area contributed by atoms with Gasteiger partial charge in [-0.05, 0) is 94.0 Å². The van der Waals surface area contributed by atoms with E-state index >= 15 is 0 Å². The molecule has 0 unspecified atom stereocenters. The van der Waals surface area contributed by atoms with E-state index in [1.165, 1.54) is 33.0 Å². The van der Waals surface area contributed by atoms with Crippen molar-refractivity contribution in [2.24, 2.45) is 0 Å². The van der Waals surface area contributed by atoms with E-state index in [0.717, 1.165) is 71.7 Å². The maximum Gasteiger partial charge on any atom is 0.135 e. The second-order valence-corrected chi connectivity index (χ2v) is 13.3. The smallest absolute Gasteiger partial charge is 0.135 e. The van der Waals surface area contributed by atoms with Crippen LogP contribution >= 0.6 is 0 Å². The number of nitrogens with zero attached hydrogens (tertiary/aromatic N) is 1. The first-order valence-corrected chi connectivity index (χ1v) is 17.3. The average Bonchev–Trinajstić information content (AvgIpc) is 3.87. The van der Waals surface area contributed by atoms with Gasteiger partial charge in [-0.1, -0.05) is 115 Å². The van der Waals surface area contributed by atoms with Crippen LogP contribution in [-0.4, -0.2) is 4.57 Å². The van der Waals surface area contributed by atoms with Gasteiger partial charge in [0, 0.05) is 38.0 Å². The minimum atomic E-state index is 0.898. The largest absolute Gasteiger partial charge is 0.456 e. The quantitative estimate of drug-likeness (QED) is 0.190. The van der Waals surface area contributed by atoms with Crippen LogP contribution in [0.5, 0.6) is 0 Å². The van der Waals surface area contributed by atoms with Crippen molar-refractivity contribution in [3.8, 4) is 39.1 Å². The van der Waals surface area contributed by atoms with Gasteiger partial charge >= 0.3 is 0 Å². The lowest BCUT2D eigenvalue weighted by atomic mass is 9.93. The van der Waals surface area contributed by atoms with Crippen molar-refractivity contribution in [3.63, 3.8) is 0 Å². The van der Waals surface area contributed by atoms with Crippen molar-refractivity contribution in [1.82, 2.24) is 4.57 Å². The third-order valence-electron chi connectivity index (χ3n) is 10.4. The lowest BCUT2D eigenvalue weighted by Gasteiger charge is -2.10. The molecule has 51 heavy (non-hydrogen) atoms. The molecule has 238 valence electrons. The first-order chi connectivity index (χ1) is 25.3. The molecule has 0 aliphatic rings. The highest BCUT2D eigenvalue weighted by Gasteiger charge is 2.21. The monoisotopic (exact) mass is 651 g/mol. The summed E-state index contributed by atoms with van der Waals surface area (Å²) in [6.45, 7) is 0. The normalized spacial score (nSPS) is 11.9. The van der Waals surface area contributed by atoms with Gasteiger partial charge < -0.3 is 13.4 Å². The minimum Gasteiger partial charge on any atom is -0.456 e. The Balaban J connectivity index is 1.21. The Bertz CT molecular complexity index is 2950. The topological polar surface area (TPSA) is 31.2 Å². The lowest BCUT2D eigenvalue weighted by molar-refractivity contribution is 0.668. The number of para-hydroxylation sites is 2. The van der Waals surface area contributed by atoms with Gasteiger partial charge in [0.15, 0.2) is 0 Å². The number of furan rings is 2. The Morgan fingerprint density at radius 3 is 1.31 bits per heavy atom. The summed E-state index contributed by atoms with van der Waals surface area (Å²) in [7, 11) is 0. The molecule has 11 aromatic rings. The lowest BCUT2D eigenvalue weighted by Crippen LogP contribution is -1.94. The zero-order chi connectivity index (χ0) is 33.5. The molecule has 0 radical (unpaired) electrons. The Labute approximate surface area is 293 Å². The molecule has 0 fully saturated rings. The molecule has 0 N–H and O–H groups in total. The summed E-state index contributed by atoms with van der Waals surface area (Å²) in [5.41, 5.74) is 14.1. The third kappa shape index (κ3) is 4.25. The number of hydrogen-bond acceptors (Lipinski definition) is 2. The summed E-state index contributed by atoms with van der Waals surface area (Å²) >= 11 is 0. The van der Waals surface area contributed by atoms with Gasteiger partial charge in [-0.25, -0.2) is 0 Å².